The summed E-state index contributed by atoms with van der Waals surface area (Å²) in [5.74, 6) is 0. The van der Waals surface area contributed by atoms with Gasteiger partial charge in [0.15, 0.2) is 0 Å². The fourth-order valence-electron chi connectivity index (χ4n) is 5.98. The molecule has 0 amide bonds. The Kier molecular flexibility index (Phi) is 10.1. The van der Waals surface area contributed by atoms with Crippen LogP contribution in [0.15, 0.2) is 183 Å². The predicted molar refractivity (Wildman–Crippen MR) is 218 cm³/mol. The molecule has 0 aliphatic rings. The highest BCUT2D eigenvalue weighted by Crippen LogP contribution is 2.42. The van der Waals surface area contributed by atoms with Crippen molar-refractivity contribution in [3.05, 3.63) is 184 Å². The lowest BCUT2D eigenvalue weighted by atomic mass is 9.97. The molecule has 50 heavy (non-hydrogen) atoms. The molecule has 0 unspecified atom stereocenters. The Labute approximate surface area is 310 Å². The zero-order chi connectivity index (χ0) is 34.5. The van der Waals surface area contributed by atoms with Gasteiger partial charge in [-0.3, -0.25) is 0 Å². The Hall–Kier alpha value is -5.23. The van der Waals surface area contributed by atoms with Gasteiger partial charge in [0, 0.05) is 20.1 Å². The summed E-state index contributed by atoms with van der Waals surface area (Å²) in [6, 6.07) is 56.4. The van der Waals surface area contributed by atoms with Gasteiger partial charge in [0.05, 0.1) is 34.2 Å². The molecule has 6 aromatic carbocycles. The molecule has 7 rings (SSSR count). The molecule has 0 bridgehead atoms. The molecule has 0 aliphatic heterocycles. The maximum atomic E-state index is 5.19. The number of hydrogen-bond donors (Lipinski definition) is 0. The van der Waals surface area contributed by atoms with Crippen LogP contribution in [0.2, 0.25) is 0 Å². The molecule has 3 nitrogen and oxygen atoms in total. The van der Waals surface area contributed by atoms with Crippen LogP contribution >= 0.6 is 31.9 Å². The van der Waals surface area contributed by atoms with Gasteiger partial charge in [-0.25, -0.2) is 15.0 Å². The molecule has 1 aromatic heterocycles. The number of benzene rings is 6. The lowest BCUT2D eigenvalue weighted by Gasteiger charge is -2.14. The van der Waals surface area contributed by atoms with Gasteiger partial charge < -0.3 is 0 Å². The number of nitrogens with zero attached hydrogens (tertiary/aromatic N) is 3. The summed E-state index contributed by atoms with van der Waals surface area (Å²) < 4.78 is 1.84. The maximum absolute atomic E-state index is 5.19. The van der Waals surface area contributed by atoms with Crippen molar-refractivity contribution in [3.63, 3.8) is 0 Å². The molecule has 0 atom stereocenters. The second-order valence-electron chi connectivity index (χ2n) is 12.0. The van der Waals surface area contributed by atoms with Crippen LogP contribution in [-0.4, -0.2) is 16.4 Å². The highest BCUT2D eigenvalue weighted by Gasteiger charge is 2.16. The van der Waals surface area contributed by atoms with Gasteiger partial charge in [-0.05, 0) is 115 Å². The first-order chi connectivity index (χ1) is 24.4. The fourth-order valence-corrected chi connectivity index (χ4v) is 7.08. The van der Waals surface area contributed by atoms with Crippen molar-refractivity contribution in [1.82, 2.24) is 4.98 Å². The summed E-state index contributed by atoms with van der Waals surface area (Å²) in [4.78, 5) is 15.4. The summed E-state index contributed by atoms with van der Waals surface area (Å²) in [5.41, 5.74) is 13.8. The van der Waals surface area contributed by atoms with E-state index in [1.54, 1.807) is 0 Å². The summed E-state index contributed by atoms with van der Waals surface area (Å²) in [7, 11) is 0. The summed E-state index contributed by atoms with van der Waals surface area (Å²) >= 11 is 7.74. The third kappa shape index (κ3) is 7.35. The van der Waals surface area contributed by atoms with Gasteiger partial charge >= 0.3 is 0 Å². The molecule has 242 valence electrons. The molecular formula is C45H33Br2N3. The predicted octanol–water partition coefficient (Wildman–Crippen LogP) is 13.6. The van der Waals surface area contributed by atoms with E-state index in [-0.39, 0.29) is 0 Å². The Morgan fingerprint density at radius 1 is 0.400 bits per heavy atom. The van der Waals surface area contributed by atoms with Gasteiger partial charge in [-0.15, -0.1) is 0 Å². The van der Waals surface area contributed by atoms with Gasteiger partial charge in [-0.2, -0.15) is 0 Å². The van der Waals surface area contributed by atoms with Crippen LogP contribution < -0.4 is 0 Å². The second-order valence-corrected chi connectivity index (χ2v) is 13.7. The van der Waals surface area contributed by atoms with Gasteiger partial charge in [0.25, 0.3) is 0 Å². The third-order valence-corrected chi connectivity index (χ3v) is 9.77. The SMILES string of the molecule is CC(=Nc1c(Br)cc(-c2ccccc2)cc1-c1ccccc1)c1cccc(C(C)=Nc2c(Br)cc(-c3ccccc3)cc2-c2ccccc2)n1. The van der Waals surface area contributed by atoms with Crippen molar-refractivity contribution in [1.29, 1.82) is 0 Å². The second kappa shape index (κ2) is 15.1. The molecule has 0 aliphatic carbocycles. The van der Waals surface area contributed by atoms with Crippen molar-refractivity contribution in [2.45, 2.75) is 13.8 Å². The first-order valence-electron chi connectivity index (χ1n) is 16.4. The maximum Gasteiger partial charge on any atom is 0.0854 e. The zero-order valence-electron chi connectivity index (χ0n) is 27.7. The minimum atomic E-state index is 0.789. The van der Waals surface area contributed by atoms with Gasteiger partial charge in [0.2, 0.25) is 0 Å². The third-order valence-electron chi connectivity index (χ3n) is 8.56. The average molecular weight is 776 g/mol. The molecule has 0 fully saturated rings. The molecule has 0 N–H and O–H groups in total. The highest BCUT2D eigenvalue weighted by molar-refractivity contribution is 9.11. The van der Waals surface area contributed by atoms with E-state index in [9.17, 15) is 0 Å². The molecule has 0 radical (unpaired) electrons. The van der Waals surface area contributed by atoms with Crippen molar-refractivity contribution in [3.8, 4) is 44.5 Å². The van der Waals surface area contributed by atoms with E-state index >= 15 is 0 Å². The Morgan fingerprint density at radius 3 is 1.10 bits per heavy atom. The van der Waals surface area contributed by atoms with Gasteiger partial charge in [-0.1, -0.05) is 127 Å². The van der Waals surface area contributed by atoms with Crippen LogP contribution in [0.5, 0.6) is 0 Å². The number of pyridine rings is 1. The first kappa shape index (κ1) is 33.3. The van der Waals surface area contributed by atoms with Crippen LogP contribution in [0.25, 0.3) is 44.5 Å². The Balaban J connectivity index is 1.28. The fraction of sp³-hybridized carbons (Fsp3) is 0.0444. The highest BCUT2D eigenvalue weighted by atomic mass is 79.9. The van der Waals surface area contributed by atoms with E-state index in [1.165, 1.54) is 0 Å². The van der Waals surface area contributed by atoms with Crippen molar-refractivity contribution in [2.24, 2.45) is 9.98 Å². The van der Waals surface area contributed by atoms with E-state index in [4.69, 9.17) is 15.0 Å². The standard InChI is InChI=1S/C45H33Br2N3/c1-30(48-44-38(34-20-11-5-12-21-34)26-36(28-40(44)46)32-16-7-3-8-17-32)42-24-15-25-43(50-42)31(2)49-45-39(35-22-13-6-14-23-35)27-37(29-41(45)47)33-18-9-4-10-19-33/h3-29H,1-2H3. The van der Waals surface area contributed by atoms with Crippen molar-refractivity contribution >= 4 is 54.7 Å². The lowest BCUT2D eigenvalue weighted by Crippen LogP contribution is -2.05. The molecule has 0 saturated heterocycles. The smallest absolute Gasteiger partial charge is 0.0854 e. The van der Waals surface area contributed by atoms with E-state index in [1.807, 2.05) is 56.3 Å². The van der Waals surface area contributed by atoms with Crippen LogP contribution in [0.3, 0.4) is 0 Å². The summed E-state index contributed by atoms with van der Waals surface area (Å²) in [6.07, 6.45) is 0. The number of aromatic nitrogens is 1. The average Bonchev–Trinajstić information content (AvgIpc) is 3.17. The van der Waals surface area contributed by atoms with Gasteiger partial charge in [0.1, 0.15) is 0 Å². The molecular weight excluding hydrogens is 742 g/mol. The minimum absolute atomic E-state index is 0.789. The van der Waals surface area contributed by atoms with E-state index < -0.39 is 0 Å². The first-order valence-corrected chi connectivity index (χ1v) is 18.0. The van der Waals surface area contributed by atoms with E-state index in [0.717, 1.165) is 87.6 Å². The zero-order valence-corrected chi connectivity index (χ0v) is 30.9. The largest absolute Gasteiger partial charge is 0.250 e. The van der Waals surface area contributed by atoms with Crippen molar-refractivity contribution in [2.75, 3.05) is 0 Å². The topological polar surface area (TPSA) is 37.6 Å². The van der Waals surface area contributed by atoms with E-state index in [2.05, 4.69) is 153 Å². The molecule has 0 spiro atoms. The molecule has 5 heteroatoms. The normalized spacial score (nSPS) is 11.8. The number of halogens is 2. The monoisotopic (exact) mass is 773 g/mol. The van der Waals surface area contributed by atoms with Crippen molar-refractivity contribution < 1.29 is 0 Å². The minimum Gasteiger partial charge on any atom is -0.250 e. The Morgan fingerprint density at radius 2 is 0.740 bits per heavy atom. The van der Waals surface area contributed by atoms with E-state index in [0.29, 0.717) is 0 Å². The lowest BCUT2D eigenvalue weighted by molar-refractivity contribution is 1.24. The van der Waals surface area contributed by atoms with Crippen LogP contribution in [0.1, 0.15) is 25.2 Å². The number of hydrogen-bond acceptors (Lipinski definition) is 3. The summed E-state index contributed by atoms with van der Waals surface area (Å²) in [6.45, 7) is 4.02. The Bertz CT molecular complexity index is 2170. The number of rotatable bonds is 8. The van der Waals surface area contributed by atoms with Crippen LogP contribution in [0.4, 0.5) is 11.4 Å². The molecule has 1 heterocycles. The molecule has 7 aromatic rings. The summed E-state index contributed by atoms with van der Waals surface area (Å²) in [5, 5.41) is 0. The molecule has 0 saturated carbocycles. The number of aliphatic imine (C=N–C) groups is 2. The van der Waals surface area contributed by atoms with Crippen LogP contribution in [0, 0.1) is 0 Å². The van der Waals surface area contributed by atoms with Crippen LogP contribution in [-0.2, 0) is 0 Å². The quantitative estimate of drug-likeness (QED) is 0.142.